The van der Waals surface area contributed by atoms with Crippen LogP contribution in [0.25, 0.3) is 0 Å². The highest BCUT2D eigenvalue weighted by Gasteiger charge is 2.23. The SMILES string of the molecule is CC1CCC(Oc2ccc3c(c2)CNC3)C1. The second kappa shape index (κ2) is 4.10. The lowest BCUT2D eigenvalue weighted by molar-refractivity contribution is 0.205. The number of hydrogen-bond donors (Lipinski definition) is 1. The van der Waals surface area contributed by atoms with E-state index in [0.29, 0.717) is 6.10 Å². The Morgan fingerprint density at radius 3 is 2.88 bits per heavy atom. The Balaban J connectivity index is 1.71. The van der Waals surface area contributed by atoms with Gasteiger partial charge in [0.2, 0.25) is 0 Å². The summed E-state index contributed by atoms with van der Waals surface area (Å²) in [5.41, 5.74) is 2.83. The number of fused-ring (bicyclic) bond motifs is 1. The molecule has 0 aromatic heterocycles. The van der Waals surface area contributed by atoms with Crippen molar-refractivity contribution in [2.45, 2.75) is 45.4 Å². The smallest absolute Gasteiger partial charge is 0.120 e. The van der Waals surface area contributed by atoms with Gasteiger partial charge in [0.25, 0.3) is 0 Å². The molecule has 0 radical (unpaired) electrons. The van der Waals surface area contributed by atoms with Crippen LogP contribution in [0, 0.1) is 5.92 Å². The fraction of sp³-hybridized carbons (Fsp3) is 0.571. The van der Waals surface area contributed by atoms with Crippen molar-refractivity contribution in [1.29, 1.82) is 0 Å². The molecule has 0 saturated heterocycles. The van der Waals surface area contributed by atoms with E-state index in [1.165, 1.54) is 30.4 Å². The van der Waals surface area contributed by atoms with Gasteiger partial charge in [0.15, 0.2) is 0 Å². The van der Waals surface area contributed by atoms with Crippen LogP contribution >= 0.6 is 0 Å². The summed E-state index contributed by atoms with van der Waals surface area (Å²) in [7, 11) is 0. The lowest BCUT2D eigenvalue weighted by Gasteiger charge is -2.14. The van der Waals surface area contributed by atoms with Crippen LogP contribution in [-0.2, 0) is 13.1 Å². The van der Waals surface area contributed by atoms with E-state index in [-0.39, 0.29) is 0 Å². The Labute approximate surface area is 97.0 Å². The van der Waals surface area contributed by atoms with Crippen LogP contribution in [0.2, 0.25) is 0 Å². The van der Waals surface area contributed by atoms with E-state index < -0.39 is 0 Å². The molecule has 16 heavy (non-hydrogen) atoms. The second-order valence-electron chi connectivity index (χ2n) is 5.19. The molecular weight excluding hydrogens is 198 g/mol. The minimum atomic E-state index is 0.447. The van der Waals surface area contributed by atoms with Crippen molar-refractivity contribution in [1.82, 2.24) is 5.32 Å². The summed E-state index contributed by atoms with van der Waals surface area (Å²) in [6.07, 6.45) is 4.20. The summed E-state index contributed by atoms with van der Waals surface area (Å²) in [5.74, 6) is 1.89. The van der Waals surface area contributed by atoms with Gasteiger partial charge in [-0.15, -0.1) is 0 Å². The number of hydrogen-bond acceptors (Lipinski definition) is 2. The second-order valence-corrected chi connectivity index (χ2v) is 5.19. The molecule has 0 bridgehead atoms. The minimum Gasteiger partial charge on any atom is -0.490 e. The number of ether oxygens (including phenoxy) is 1. The zero-order valence-electron chi connectivity index (χ0n) is 9.83. The maximum Gasteiger partial charge on any atom is 0.120 e. The lowest BCUT2D eigenvalue weighted by Crippen LogP contribution is -2.11. The molecule has 1 aromatic rings. The fourth-order valence-electron chi connectivity index (χ4n) is 2.80. The van der Waals surface area contributed by atoms with Gasteiger partial charge in [0.05, 0.1) is 6.10 Å². The molecular formula is C14H19NO. The Kier molecular flexibility index (Phi) is 2.60. The number of nitrogens with one attached hydrogen (secondary N) is 1. The zero-order valence-corrected chi connectivity index (χ0v) is 9.83. The summed E-state index contributed by atoms with van der Waals surface area (Å²) in [5, 5.41) is 3.36. The zero-order chi connectivity index (χ0) is 11.0. The molecule has 1 heterocycles. The fourth-order valence-corrected chi connectivity index (χ4v) is 2.80. The molecule has 1 fully saturated rings. The first kappa shape index (κ1) is 10.2. The largest absolute Gasteiger partial charge is 0.490 e. The molecule has 1 aliphatic heterocycles. The summed E-state index contributed by atoms with van der Waals surface area (Å²) in [6.45, 7) is 4.32. The van der Waals surface area contributed by atoms with Crippen LogP contribution in [0.5, 0.6) is 5.75 Å². The van der Waals surface area contributed by atoms with Gasteiger partial charge in [-0.1, -0.05) is 13.0 Å². The summed E-state index contributed by atoms with van der Waals surface area (Å²) in [6, 6.07) is 6.52. The van der Waals surface area contributed by atoms with Crippen LogP contribution in [-0.4, -0.2) is 6.10 Å². The van der Waals surface area contributed by atoms with Crippen molar-refractivity contribution < 1.29 is 4.74 Å². The van der Waals surface area contributed by atoms with Crippen molar-refractivity contribution in [2.75, 3.05) is 0 Å². The van der Waals surface area contributed by atoms with Crippen molar-refractivity contribution in [3.63, 3.8) is 0 Å². The third-order valence-electron chi connectivity index (χ3n) is 3.76. The van der Waals surface area contributed by atoms with Crippen LogP contribution in [0.3, 0.4) is 0 Å². The molecule has 2 heteroatoms. The van der Waals surface area contributed by atoms with Crippen molar-refractivity contribution >= 4 is 0 Å². The summed E-state index contributed by atoms with van der Waals surface area (Å²) < 4.78 is 6.04. The molecule has 1 aromatic carbocycles. The van der Waals surface area contributed by atoms with Gasteiger partial charge in [-0.25, -0.2) is 0 Å². The highest BCUT2D eigenvalue weighted by molar-refractivity contribution is 5.37. The normalized spacial score (nSPS) is 28.1. The first-order chi connectivity index (χ1) is 7.81. The Hall–Kier alpha value is -1.02. The van der Waals surface area contributed by atoms with Crippen LogP contribution in [0.15, 0.2) is 18.2 Å². The Morgan fingerprint density at radius 2 is 2.06 bits per heavy atom. The molecule has 2 nitrogen and oxygen atoms in total. The quantitative estimate of drug-likeness (QED) is 0.822. The van der Waals surface area contributed by atoms with E-state index in [2.05, 4.69) is 30.4 Å². The molecule has 2 aliphatic rings. The van der Waals surface area contributed by atoms with E-state index in [4.69, 9.17) is 4.74 Å². The van der Waals surface area contributed by atoms with Gasteiger partial charge in [-0.3, -0.25) is 0 Å². The average molecular weight is 217 g/mol. The van der Waals surface area contributed by atoms with Crippen molar-refractivity contribution in [3.8, 4) is 5.75 Å². The molecule has 0 spiro atoms. The minimum absolute atomic E-state index is 0.447. The number of rotatable bonds is 2. The predicted molar refractivity (Wildman–Crippen MR) is 64.4 cm³/mol. The van der Waals surface area contributed by atoms with Gasteiger partial charge in [0, 0.05) is 13.1 Å². The van der Waals surface area contributed by atoms with Gasteiger partial charge in [0.1, 0.15) is 5.75 Å². The van der Waals surface area contributed by atoms with E-state index in [9.17, 15) is 0 Å². The monoisotopic (exact) mass is 217 g/mol. The predicted octanol–water partition coefficient (Wildman–Crippen LogP) is 2.86. The van der Waals surface area contributed by atoms with Crippen molar-refractivity contribution in [3.05, 3.63) is 29.3 Å². The van der Waals surface area contributed by atoms with Crippen LogP contribution < -0.4 is 10.1 Å². The van der Waals surface area contributed by atoms with E-state index >= 15 is 0 Å². The van der Waals surface area contributed by atoms with Crippen LogP contribution in [0.4, 0.5) is 0 Å². The molecule has 3 rings (SSSR count). The van der Waals surface area contributed by atoms with Gasteiger partial charge in [-0.2, -0.15) is 0 Å². The molecule has 2 atom stereocenters. The Morgan fingerprint density at radius 1 is 1.19 bits per heavy atom. The molecule has 1 aliphatic carbocycles. The van der Waals surface area contributed by atoms with E-state index in [0.717, 1.165) is 24.8 Å². The summed E-state index contributed by atoms with van der Waals surface area (Å²) in [4.78, 5) is 0. The molecule has 1 N–H and O–H groups in total. The highest BCUT2D eigenvalue weighted by atomic mass is 16.5. The van der Waals surface area contributed by atoms with Gasteiger partial charge in [-0.05, 0) is 48.4 Å². The first-order valence-corrected chi connectivity index (χ1v) is 6.30. The van der Waals surface area contributed by atoms with Crippen molar-refractivity contribution in [2.24, 2.45) is 5.92 Å². The molecule has 1 saturated carbocycles. The topological polar surface area (TPSA) is 21.3 Å². The lowest BCUT2D eigenvalue weighted by atomic mass is 10.1. The average Bonchev–Trinajstić information content (AvgIpc) is 2.87. The van der Waals surface area contributed by atoms with E-state index in [1.54, 1.807) is 0 Å². The third kappa shape index (κ3) is 1.94. The standard InChI is InChI=1S/C14H19NO/c1-10-2-4-13(6-10)16-14-5-3-11-8-15-9-12(11)7-14/h3,5,7,10,13,15H,2,4,6,8-9H2,1H3. The maximum absolute atomic E-state index is 6.04. The van der Waals surface area contributed by atoms with Crippen LogP contribution in [0.1, 0.15) is 37.3 Å². The molecule has 86 valence electrons. The van der Waals surface area contributed by atoms with Gasteiger partial charge < -0.3 is 10.1 Å². The van der Waals surface area contributed by atoms with E-state index in [1.807, 2.05) is 0 Å². The molecule has 2 unspecified atom stereocenters. The number of benzene rings is 1. The third-order valence-corrected chi connectivity index (χ3v) is 3.76. The molecule has 0 amide bonds. The van der Waals surface area contributed by atoms with Gasteiger partial charge >= 0.3 is 0 Å². The first-order valence-electron chi connectivity index (χ1n) is 6.30. The maximum atomic E-state index is 6.04. The Bertz CT molecular complexity index is 388. The highest BCUT2D eigenvalue weighted by Crippen LogP contribution is 2.30. The summed E-state index contributed by atoms with van der Waals surface area (Å²) >= 11 is 0.